The Morgan fingerprint density at radius 1 is 1.20 bits per heavy atom. The first-order chi connectivity index (χ1) is 9.52. The Labute approximate surface area is 121 Å². The van der Waals surface area contributed by atoms with Crippen LogP contribution in [0.15, 0.2) is 4.90 Å². The van der Waals surface area contributed by atoms with Crippen LogP contribution in [0.4, 0.5) is 0 Å². The van der Waals surface area contributed by atoms with Crippen LogP contribution in [0.5, 0.6) is 0 Å². The van der Waals surface area contributed by atoms with Gasteiger partial charge in [-0.1, -0.05) is 13.8 Å². The Bertz CT molecular complexity index is 557. The first-order valence-corrected chi connectivity index (χ1v) is 8.72. The molecule has 1 aliphatic heterocycles. The SMILES string of the molecule is CCc1nn(C)c(CC)c1S(=O)(=O)N1CCCNCC1. The van der Waals surface area contributed by atoms with Gasteiger partial charge in [-0.3, -0.25) is 4.68 Å². The molecule has 0 aliphatic carbocycles. The number of hydrogen-bond acceptors (Lipinski definition) is 4. The van der Waals surface area contributed by atoms with Gasteiger partial charge in [0.05, 0.1) is 11.4 Å². The molecule has 6 nitrogen and oxygen atoms in total. The van der Waals surface area contributed by atoms with E-state index in [9.17, 15) is 8.42 Å². The molecule has 2 rings (SSSR count). The van der Waals surface area contributed by atoms with Crippen molar-refractivity contribution in [2.45, 2.75) is 38.0 Å². The van der Waals surface area contributed by atoms with Crippen molar-refractivity contribution in [3.8, 4) is 0 Å². The molecule has 0 radical (unpaired) electrons. The maximum Gasteiger partial charge on any atom is 0.246 e. The van der Waals surface area contributed by atoms with Crippen LogP contribution in [-0.2, 0) is 29.9 Å². The van der Waals surface area contributed by atoms with Crippen LogP contribution >= 0.6 is 0 Å². The fourth-order valence-electron chi connectivity index (χ4n) is 2.71. The van der Waals surface area contributed by atoms with Gasteiger partial charge in [0.15, 0.2) is 0 Å². The summed E-state index contributed by atoms with van der Waals surface area (Å²) in [6.45, 7) is 6.62. The van der Waals surface area contributed by atoms with Crippen molar-refractivity contribution < 1.29 is 8.42 Å². The Kier molecular flexibility index (Phi) is 4.82. The van der Waals surface area contributed by atoms with Crippen LogP contribution in [0.1, 0.15) is 31.7 Å². The Morgan fingerprint density at radius 2 is 1.95 bits per heavy atom. The first-order valence-electron chi connectivity index (χ1n) is 7.28. The minimum Gasteiger partial charge on any atom is -0.315 e. The van der Waals surface area contributed by atoms with E-state index < -0.39 is 10.0 Å². The molecular formula is C13H24N4O2S. The van der Waals surface area contributed by atoms with Gasteiger partial charge in [-0.25, -0.2) is 8.42 Å². The second-order valence-corrected chi connectivity index (χ2v) is 6.94. The molecule has 2 heterocycles. The third-order valence-electron chi connectivity index (χ3n) is 3.75. The predicted molar refractivity (Wildman–Crippen MR) is 78.2 cm³/mol. The average molecular weight is 300 g/mol. The smallest absolute Gasteiger partial charge is 0.246 e. The topological polar surface area (TPSA) is 67.2 Å². The second kappa shape index (κ2) is 6.24. The summed E-state index contributed by atoms with van der Waals surface area (Å²) >= 11 is 0. The van der Waals surface area contributed by atoms with Crippen molar-refractivity contribution in [1.82, 2.24) is 19.4 Å². The molecule has 1 aliphatic rings. The molecule has 0 atom stereocenters. The molecule has 1 saturated heterocycles. The Morgan fingerprint density at radius 3 is 2.60 bits per heavy atom. The fourth-order valence-corrected chi connectivity index (χ4v) is 4.73. The lowest BCUT2D eigenvalue weighted by Gasteiger charge is -2.20. The third-order valence-corrected chi connectivity index (χ3v) is 5.78. The van der Waals surface area contributed by atoms with E-state index in [-0.39, 0.29) is 0 Å². The average Bonchev–Trinajstić information content (AvgIpc) is 2.61. The van der Waals surface area contributed by atoms with Crippen LogP contribution in [0.25, 0.3) is 0 Å². The maximum absolute atomic E-state index is 13.0. The molecule has 0 amide bonds. The summed E-state index contributed by atoms with van der Waals surface area (Å²) in [4.78, 5) is 0.437. The zero-order valence-electron chi connectivity index (χ0n) is 12.5. The summed E-state index contributed by atoms with van der Waals surface area (Å²) in [5.74, 6) is 0. The van der Waals surface area contributed by atoms with Crippen LogP contribution in [0, 0.1) is 0 Å². The van der Waals surface area contributed by atoms with Crippen molar-refractivity contribution in [1.29, 1.82) is 0 Å². The van der Waals surface area contributed by atoms with E-state index in [1.807, 2.05) is 20.9 Å². The zero-order valence-corrected chi connectivity index (χ0v) is 13.3. The lowest BCUT2D eigenvalue weighted by Crippen LogP contribution is -2.35. The van der Waals surface area contributed by atoms with Gasteiger partial charge in [0.25, 0.3) is 0 Å². The molecule has 1 fully saturated rings. The van der Waals surface area contributed by atoms with E-state index in [0.717, 1.165) is 18.7 Å². The summed E-state index contributed by atoms with van der Waals surface area (Å²) in [5.41, 5.74) is 1.49. The molecule has 114 valence electrons. The summed E-state index contributed by atoms with van der Waals surface area (Å²) in [6.07, 6.45) is 2.15. The lowest BCUT2D eigenvalue weighted by atomic mass is 10.2. The molecule has 0 aromatic carbocycles. The summed E-state index contributed by atoms with van der Waals surface area (Å²) in [6, 6.07) is 0. The van der Waals surface area contributed by atoms with Gasteiger partial charge < -0.3 is 5.32 Å². The van der Waals surface area contributed by atoms with Crippen LogP contribution in [0.2, 0.25) is 0 Å². The lowest BCUT2D eigenvalue weighted by molar-refractivity contribution is 0.430. The number of hydrogen-bond donors (Lipinski definition) is 1. The highest BCUT2D eigenvalue weighted by atomic mass is 32.2. The molecule has 0 spiro atoms. The third kappa shape index (κ3) is 2.75. The Hall–Kier alpha value is -0.920. The number of rotatable bonds is 4. The number of nitrogens with zero attached hydrogens (tertiary/aromatic N) is 3. The molecule has 20 heavy (non-hydrogen) atoms. The molecule has 7 heteroatoms. The van der Waals surface area contributed by atoms with Crippen molar-refractivity contribution in [3.63, 3.8) is 0 Å². The monoisotopic (exact) mass is 300 g/mol. The second-order valence-electron chi connectivity index (χ2n) is 5.06. The number of aryl methyl sites for hydroxylation is 2. The van der Waals surface area contributed by atoms with Crippen LogP contribution < -0.4 is 5.32 Å². The standard InChI is InChI=1S/C13H24N4O2S/c1-4-11-13(12(5-2)16(3)15-11)20(18,19)17-9-6-7-14-8-10-17/h14H,4-10H2,1-3H3. The first kappa shape index (κ1) is 15.5. The highest BCUT2D eigenvalue weighted by Gasteiger charge is 2.32. The minimum absolute atomic E-state index is 0.437. The predicted octanol–water partition coefficient (Wildman–Crippen LogP) is 0.529. The van der Waals surface area contributed by atoms with E-state index in [2.05, 4.69) is 10.4 Å². The molecule has 1 aromatic heterocycles. The number of nitrogens with one attached hydrogen (secondary N) is 1. The van der Waals surface area contributed by atoms with Gasteiger partial charge in [-0.15, -0.1) is 0 Å². The van der Waals surface area contributed by atoms with Gasteiger partial charge in [0.2, 0.25) is 10.0 Å². The number of sulfonamides is 1. The molecule has 0 saturated carbocycles. The van der Waals surface area contributed by atoms with Gasteiger partial charge in [-0.2, -0.15) is 9.40 Å². The van der Waals surface area contributed by atoms with E-state index in [0.29, 0.717) is 43.1 Å². The molecule has 1 N–H and O–H groups in total. The van der Waals surface area contributed by atoms with Crippen LogP contribution in [-0.4, -0.2) is 48.7 Å². The summed E-state index contributed by atoms with van der Waals surface area (Å²) < 4.78 is 29.2. The van der Waals surface area contributed by atoms with Crippen molar-refractivity contribution in [2.24, 2.45) is 7.05 Å². The van der Waals surface area contributed by atoms with E-state index >= 15 is 0 Å². The maximum atomic E-state index is 13.0. The summed E-state index contributed by atoms with van der Waals surface area (Å²) in [5, 5.41) is 7.62. The molecule has 0 bridgehead atoms. The van der Waals surface area contributed by atoms with Gasteiger partial charge in [0.1, 0.15) is 4.90 Å². The van der Waals surface area contributed by atoms with Crippen molar-refractivity contribution in [2.75, 3.05) is 26.2 Å². The normalized spacial score (nSPS) is 18.1. The molecule has 0 unspecified atom stereocenters. The Balaban J connectivity index is 2.47. The van der Waals surface area contributed by atoms with Gasteiger partial charge in [-0.05, 0) is 25.8 Å². The van der Waals surface area contributed by atoms with E-state index in [1.54, 1.807) is 8.99 Å². The highest BCUT2D eigenvalue weighted by Crippen LogP contribution is 2.25. The number of aromatic nitrogens is 2. The zero-order chi connectivity index (χ0) is 14.8. The van der Waals surface area contributed by atoms with Crippen molar-refractivity contribution in [3.05, 3.63) is 11.4 Å². The highest BCUT2D eigenvalue weighted by molar-refractivity contribution is 7.89. The van der Waals surface area contributed by atoms with E-state index in [4.69, 9.17) is 0 Å². The largest absolute Gasteiger partial charge is 0.315 e. The van der Waals surface area contributed by atoms with Gasteiger partial charge in [0, 0.05) is 26.7 Å². The van der Waals surface area contributed by atoms with Gasteiger partial charge >= 0.3 is 0 Å². The summed E-state index contributed by atoms with van der Waals surface area (Å²) in [7, 11) is -1.62. The van der Waals surface area contributed by atoms with E-state index in [1.165, 1.54) is 0 Å². The van der Waals surface area contributed by atoms with Crippen LogP contribution in [0.3, 0.4) is 0 Å². The molecular weight excluding hydrogens is 276 g/mol. The quantitative estimate of drug-likeness (QED) is 0.881. The molecule has 1 aromatic rings. The fraction of sp³-hybridized carbons (Fsp3) is 0.769. The van der Waals surface area contributed by atoms with Crippen molar-refractivity contribution >= 4 is 10.0 Å². The minimum atomic E-state index is -3.44.